The maximum absolute atomic E-state index is 4.06. The topological polar surface area (TPSA) is 0 Å². The van der Waals surface area contributed by atoms with E-state index in [1.165, 1.54) is 16.7 Å². The molecule has 0 aromatic heterocycles. The van der Waals surface area contributed by atoms with Crippen molar-refractivity contribution in [2.24, 2.45) is 0 Å². The molecule has 1 aromatic rings. The van der Waals surface area contributed by atoms with E-state index in [2.05, 4.69) is 45.5 Å². The first-order valence-corrected chi connectivity index (χ1v) is 5.29. The van der Waals surface area contributed by atoms with Gasteiger partial charge in [-0.15, -0.1) is 6.58 Å². The first-order chi connectivity index (χ1) is 6.71. The summed E-state index contributed by atoms with van der Waals surface area (Å²) in [5.74, 6) is 0.215. The van der Waals surface area contributed by atoms with Gasteiger partial charge in [0.05, 0.1) is 0 Å². The zero-order chi connectivity index (χ0) is 10.6. The van der Waals surface area contributed by atoms with Crippen LogP contribution >= 0.6 is 0 Å². The largest absolute Gasteiger partial charge is 0.102 e. The number of benzene rings is 1. The molecule has 1 atom stereocenters. The first-order valence-electron chi connectivity index (χ1n) is 5.29. The average Bonchev–Trinajstić information content (AvgIpc) is 2.27. The van der Waals surface area contributed by atoms with E-state index in [0.717, 1.165) is 12.8 Å². The van der Waals surface area contributed by atoms with Gasteiger partial charge in [0, 0.05) is 5.92 Å². The Morgan fingerprint density at radius 2 is 1.64 bits per heavy atom. The van der Waals surface area contributed by atoms with Gasteiger partial charge in [-0.05, 0) is 36.5 Å². The monoisotopic (exact) mass is 187 g/mol. The molecule has 0 spiro atoms. The molecule has 0 saturated carbocycles. The van der Waals surface area contributed by atoms with Crippen LogP contribution in [0.1, 0.15) is 36.5 Å². The van der Waals surface area contributed by atoms with Crippen LogP contribution in [0.25, 0.3) is 0 Å². The van der Waals surface area contributed by atoms with E-state index in [1.54, 1.807) is 0 Å². The molecule has 1 aromatic carbocycles. The molecular formula is C14H19. The molecule has 1 unspecified atom stereocenters. The predicted molar refractivity (Wildman–Crippen MR) is 63.5 cm³/mol. The van der Waals surface area contributed by atoms with E-state index >= 15 is 0 Å². The first kappa shape index (κ1) is 11.0. The highest BCUT2D eigenvalue weighted by Crippen LogP contribution is 2.20. The van der Waals surface area contributed by atoms with E-state index < -0.39 is 0 Å². The summed E-state index contributed by atoms with van der Waals surface area (Å²) in [6, 6.07) is 6.75. The maximum atomic E-state index is 4.06. The van der Waals surface area contributed by atoms with Crippen LogP contribution in [0, 0.1) is 6.92 Å². The molecule has 0 bridgehead atoms. The molecule has 0 heterocycles. The second-order valence-corrected chi connectivity index (χ2v) is 3.63. The van der Waals surface area contributed by atoms with E-state index in [-0.39, 0.29) is 5.92 Å². The van der Waals surface area contributed by atoms with Crippen molar-refractivity contribution < 1.29 is 0 Å². The Morgan fingerprint density at radius 1 is 1.14 bits per heavy atom. The minimum absolute atomic E-state index is 0.215. The van der Waals surface area contributed by atoms with Crippen LogP contribution in [0.3, 0.4) is 0 Å². The molecule has 0 nitrogen and oxygen atoms in total. The van der Waals surface area contributed by atoms with Gasteiger partial charge >= 0.3 is 0 Å². The van der Waals surface area contributed by atoms with Crippen molar-refractivity contribution in [3.63, 3.8) is 0 Å². The predicted octanol–water partition coefficient (Wildman–Crippen LogP) is 3.92. The number of hydrogen-bond acceptors (Lipinski definition) is 0. The average molecular weight is 187 g/mol. The van der Waals surface area contributed by atoms with Gasteiger partial charge in [-0.25, -0.2) is 0 Å². The van der Waals surface area contributed by atoms with Crippen molar-refractivity contribution in [2.75, 3.05) is 0 Å². The molecule has 1 radical (unpaired) electrons. The second-order valence-electron chi connectivity index (χ2n) is 3.63. The maximum Gasteiger partial charge on any atom is 0.00158 e. The fourth-order valence-electron chi connectivity index (χ4n) is 1.55. The Kier molecular flexibility index (Phi) is 3.94. The van der Waals surface area contributed by atoms with Gasteiger partial charge in [0.2, 0.25) is 0 Å². The highest BCUT2D eigenvalue weighted by Gasteiger charge is 2.03. The summed E-state index contributed by atoms with van der Waals surface area (Å²) in [5, 5.41) is 0. The second kappa shape index (κ2) is 4.99. The number of rotatable bonds is 4. The third-order valence-electron chi connectivity index (χ3n) is 2.60. The van der Waals surface area contributed by atoms with Crippen molar-refractivity contribution in [1.82, 2.24) is 0 Å². The zero-order valence-corrected chi connectivity index (χ0v) is 9.22. The van der Waals surface area contributed by atoms with Crippen LogP contribution in [0.2, 0.25) is 0 Å². The fraction of sp³-hybridized carbons (Fsp3) is 0.357. The van der Waals surface area contributed by atoms with Gasteiger partial charge in [0.15, 0.2) is 0 Å². The fourth-order valence-corrected chi connectivity index (χ4v) is 1.55. The smallest absolute Gasteiger partial charge is 0.00158 e. The molecule has 14 heavy (non-hydrogen) atoms. The molecule has 1 rings (SSSR count). The molecule has 0 saturated heterocycles. The minimum atomic E-state index is 0.215. The van der Waals surface area contributed by atoms with Crippen molar-refractivity contribution in [2.45, 2.75) is 32.6 Å². The lowest BCUT2D eigenvalue weighted by Crippen LogP contribution is -1.94. The van der Waals surface area contributed by atoms with Crippen molar-refractivity contribution in [1.29, 1.82) is 0 Å². The molecule has 0 N–H and O–H groups in total. The Hall–Kier alpha value is -1.04. The quantitative estimate of drug-likeness (QED) is 0.627. The highest BCUT2D eigenvalue weighted by molar-refractivity contribution is 5.34. The SMILES string of the molecule is [CH2]C(C=C)c1cc(CC)cc(CC)c1. The Bertz CT molecular complexity index is 288. The van der Waals surface area contributed by atoms with Gasteiger partial charge in [0.25, 0.3) is 0 Å². The van der Waals surface area contributed by atoms with Gasteiger partial charge < -0.3 is 0 Å². The van der Waals surface area contributed by atoms with Crippen molar-refractivity contribution in [3.8, 4) is 0 Å². The Balaban J connectivity index is 3.09. The Labute approximate surface area is 87.7 Å². The van der Waals surface area contributed by atoms with Crippen LogP contribution in [-0.2, 0) is 12.8 Å². The summed E-state index contributed by atoms with van der Waals surface area (Å²) in [5.41, 5.74) is 4.08. The summed E-state index contributed by atoms with van der Waals surface area (Å²) in [4.78, 5) is 0. The van der Waals surface area contributed by atoms with Crippen molar-refractivity contribution >= 4 is 0 Å². The zero-order valence-electron chi connectivity index (χ0n) is 9.22. The molecule has 0 aliphatic carbocycles. The number of aryl methyl sites for hydroxylation is 2. The number of hydrogen-bond donors (Lipinski definition) is 0. The lowest BCUT2D eigenvalue weighted by atomic mass is 9.95. The van der Waals surface area contributed by atoms with E-state index in [1.807, 2.05) is 6.08 Å². The third-order valence-corrected chi connectivity index (χ3v) is 2.60. The molecule has 0 amide bonds. The third kappa shape index (κ3) is 2.47. The van der Waals surface area contributed by atoms with Gasteiger partial charge in [-0.1, -0.05) is 38.1 Å². The lowest BCUT2D eigenvalue weighted by Gasteiger charge is -2.10. The summed E-state index contributed by atoms with van der Waals surface area (Å²) < 4.78 is 0. The summed E-state index contributed by atoms with van der Waals surface area (Å²) in [7, 11) is 0. The van der Waals surface area contributed by atoms with Crippen LogP contribution < -0.4 is 0 Å². The molecule has 75 valence electrons. The lowest BCUT2D eigenvalue weighted by molar-refractivity contribution is 1.02. The molecule has 0 aliphatic heterocycles. The van der Waals surface area contributed by atoms with E-state index in [9.17, 15) is 0 Å². The van der Waals surface area contributed by atoms with Crippen LogP contribution in [0.5, 0.6) is 0 Å². The summed E-state index contributed by atoms with van der Waals surface area (Å²) >= 11 is 0. The van der Waals surface area contributed by atoms with Crippen LogP contribution in [0.15, 0.2) is 30.9 Å². The van der Waals surface area contributed by atoms with E-state index in [4.69, 9.17) is 0 Å². The summed E-state index contributed by atoms with van der Waals surface area (Å²) in [6.07, 6.45) is 4.07. The van der Waals surface area contributed by atoms with Crippen LogP contribution in [0.4, 0.5) is 0 Å². The normalized spacial score (nSPS) is 12.5. The number of allylic oxidation sites excluding steroid dienone is 1. The minimum Gasteiger partial charge on any atom is -0.102 e. The van der Waals surface area contributed by atoms with Gasteiger partial charge in [-0.2, -0.15) is 0 Å². The summed E-state index contributed by atoms with van der Waals surface area (Å²) in [6.45, 7) is 12.2. The van der Waals surface area contributed by atoms with Gasteiger partial charge in [0.1, 0.15) is 0 Å². The van der Waals surface area contributed by atoms with E-state index in [0.29, 0.717) is 0 Å². The Morgan fingerprint density at radius 3 is 2.00 bits per heavy atom. The van der Waals surface area contributed by atoms with Crippen molar-refractivity contribution in [3.05, 3.63) is 54.5 Å². The molecule has 0 heteroatoms. The molecule has 0 aliphatic rings. The van der Waals surface area contributed by atoms with Gasteiger partial charge in [-0.3, -0.25) is 0 Å². The molecular weight excluding hydrogens is 168 g/mol. The standard InChI is InChI=1S/C14H19/c1-5-11(4)14-9-12(6-2)8-13(7-3)10-14/h5,8-11H,1,4,6-7H2,2-3H3. The highest BCUT2D eigenvalue weighted by atomic mass is 14.1. The molecule has 0 fully saturated rings. The van der Waals surface area contributed by atoms with Crippen LogP contribution in [-0.4, -0.2) is 0 Å².